The van der Waals surface area contributed by atoms with E-state index >= 15 is 0 Å². The summed E-state index contributed by atoms with van der Waals surface area (Å²) < 4.78 is 10.6. The van der Waals surface area contributed by atoms with Crippen molar-refractivity contribution >= 4 is 11.9 Å². The highest BCUT2D eigenvalue weighted by Crippen LogP contribution is 2.22. The smallest absolute Gasteiger partial charge is 0.417 e. The molecule has 0 bridgehead atoms. The van der Waals surface area contributed by atoms with Crippen molar-refractivity contribution < 1.29 is 19.1 Å². The van der Waals surface area contributed by atoms with Crippen molar-refractivity contribution in [2.45, 2.75) is 89.3 Å². The molecule has 114 valence electrons. The Labute approximate surface area is 121 Å². The summed E-state index contributed by atoms with van der Waals surface area (Å²) in [6.07, 6.45) is 12.4. The summed E-state index contributed by atoms with van der Waals surface area (Å²) in [5.41, 5.74) is 0. The fourth-order valence-electron chi connectivity index (χ4n) is 3.12. The first-order valence-corrected chi connectivity index (χ1v) is 8.17. The van der Waals surface area contributed by atoms with Gasteiger partial charge in [-0.1, -0.05) is 25.7 Å². The molecule has 0 aromatic heterocycles. The summed E-state index contributed by atoms with van der Waals surface area (Å²) in [4.78, 5) is 23.6. The van der Waals surface area contributed by atoms with Gasteiger partial charge in [0.15, 0.2) is 0 Å². The molecule has 2 fully saturated rings. The number of esters is 2. The number of hydrogen-bond donors (Lipinski definition) is 0. The van der Waals surface area contributed by atoms with E-state index in [1.807, 2.05) is 0 Å². The maximum absolute atomic E-state index is 11.8. The van der Waals surface area contributed by atoms with Gasteiger partial charge in [0.25, 0.3) is 0 Å². The fraction of sp³-hybridized carbons (Fsp3) is 0.875. The summed E-state index contributed by atoms with van der Waals surface area (Å²) in [5.74, 6) is -1.58. The Morgan fingerprint density at radius 1 is 0.550 bits per heavy atom. The molecule has 0 atom stereocenters. The first-order chi connectivity index (χ1) is 9.75. The first kappa shape index (κ1) is 15.3. The number of carbonyl (C=O) groups excluding carboxylic acids is 2. The Bertz CT molecular complexity index is 278. The fourth-order valence-corrected chi connectivity index (χ4v) is 3.12. The average molecular weight is 282 g/mol. The zero-order chi connectivity index (χ0) is 14.2. The lowest BCUT2D eigenvalue weighted by atomic mass is 10.1. The SMILES string of the molecule is O=C(OC1CCCCCC1)C(=O)OC1CCCCCC1. The van der Waals surface area contributed by atoms with Gasteiger partial charge in [-0.25, -0.2) is 9.59 Å². The second-order valence-corrected chi connectivity index (χ2v) is 6.04. The van der Waals surface area contributed by atoms with E-state index in [1.54, 1.807) is 0 Å². The van der Waals surface area contributed by atoms with Crippen LogP contribution in [0, 0.1) is 0 Å². The van der Waals surface area contributed by atoms with Crippen LogP contribution in [-0.4, -0.2) is 24.1 Å². The van der Waals surface area contributed by atoms with Gasteiger partial charge < -0.3 is 9.47 Å². The van der Waals surface area contributed by atoms with Gasteiger partial charge in [-0.3, -0.25) is 0 Å². The molecule has 0 N–H and O–H groups in total. The van der Waals surface area contributed by atoms with E-state index in [0.717, 1.165) is 51.4 Å². The number of hydrogen-bond acceptors (Lipinski definition) is 4. The minimum Gasteiger partial charge on any atom is -0.454 e. The van der Waals surface area contributed by atoms with E-state index in [0.29, 0.717) is 0 Å². The van der Waals surface area contributed by atoms with E-state index in [4.69, 9.17) is 9.47 Å². The van der Waals surface area contributed by atoms with Crippen LogP contribution in [0.2, 0.25) is 0 Å². The van der Waals surface area contributed by atoms with Gasteiger partial charge in [-0.05, 0) is 51.4 Å². The molecule has 0 aromatic rings. The Morgan fingerprint density at radius 2 is 0.850 bits per heavy atom. The zero-order valence-corrected chi connectivity index (χ0v) is 12.3. The molecule has 0 heterocycles. The van der Waals surface area contributed by atoms with E-state index in [2.05, 4.69) is 0 Å². The Balaban J connectivity index is 1.74. The minimum atomic E-state index is -0.791. The highest BCUT2D eigenvalue weighted by Gasteiger charge is 2.26. The minimum absolute atomic E-state index is 0.0910. The number of ether oxygens (including phenoxy) is 2. The Kier molecular flexibility index (Phi) is 6.34. The summed E-state index contributed by atoms with van der Waals surface area (Å²) in [5, 5.41) is 0. The van der Waals surface area contributed by atoms with Crippen LogP contribution in [0.15, 0.2) is 0 Å². The van der Waals surface area contributed by atoms with E-state index in [-0.39, 0.29) is 12.2 Å². The van der Waals surface area contributed by atoms with Gasteiger partial charge in [0.1, 0.15) is 12.2 Å². The third-order valence-corrected chi connectivity index (χ3v) is 4.32. The maximum atomic E-state index is 11.8. The van der Waals surface area contributed by atoms with Gasteiger partial charge in [-0.2, -0.15) is 0 Å². The second kappa shape index (κ2) is 8.28. The molecular formula is C16H26O4. The lowest BCUT2D eigenvalue weighted by Gasteiger charge is -2.17. The van der Waals surface area contributed by atoms with Crippen LogP contribution in [0.1, 0.15) is 77.0 Å². The standard InChI is InChI=1S/C16H26O4/c17-15(19-13-9-5-1-2-6-10-13)16(18)20-14-11-7-3-4-8-12-14/h13-14H,1-12H2. The predicted molar refractivity (Wildman–Crippen MR) is 75.2 cm³/mol. The van der Waals surface area contributed by atoms with E-state index in [9.17, 15) is 9.59 Å². The van der Waals surface area contributed by atoms with Crippen molar-refractivity contribution in [3.63, 3.8) is 0 Å². The number of rotatable bonds is 2. The molecular weight excluding hydrogens is 256 g/mol. The van der Waals surface area contributed by atoms with Crippen LogP contribution in [-0.2, 0) is 19.1 Å². The van der Waals surface area contributed by atoms with Gasteiger partial charge in [0.2, 0.25) is 0 Å². The van der Waals surface area contributed by atoms with Gasteiger partial charge in [0, 0.05) is 0 Å². The first-order valence-electron chi connectivity index (χ1n) is 8.17. The van der Waals surface area contributed by atoms with Gasteiger partial charge in [0.05, 0.1) is 0 Å². The molecule has 2 aliphatic rings. The molecule has 0 amide bonds. The molecule has 2 saturated carbocycles. The largest absolute Gasteiger partial charge is 0.454 e. The van der Waals surface area contributed by atoms with Crippen LogP contribution in [0.4, 0.5) is 0 Å². The average Bonchev–Trinajstić information content (AvgIpc) is 2.83. The topological polar surface area (TPSA) is 52.6 Å². The van der Waals surface area contributed by atoms with Crippen molar-refractivity contribution in [3.05, 3.63) is 0 Å². The molecule has 0 aliphatic heterocycles. The molecule has 0 saturated heterocycles. The van der Waals surface area contributed by atoms with Gasteiger partial charge in [-0.15, -0.1) is 0 Å². The van der Waals surface area contributed by atoms with Crippen LogP contribution in [0.5, 0.6) is 0 Å². The summed E-state index contributed by atoms with van der Waals surface area (Å²) in [7, 11) is 0. The highest BCUT2D eigenvalue weighted by atomic mass is 16.6. The third-order valence-electron chi connectivity index (χ3n) is 4.32. The van der Waals surface area contributed by atoms with Crippen LogP contribution >= 0.6 is 0 Å². The maximum Gasteiger partial charge on any atom is 0.417 e. The molecule has 20 heavy (non-hydrogen) atoms. The second-order valence-electron chi connectivity index (χ2n) is 6.04. The Hall–Kier alpha value is -1.06. The van der Waals surface area contributed by atoms with Crippen molar-refractivity contribution in [1.29, 1.82) is 0 Å². The molecule has 2 rings (SSSR count). The lowest BCUT2D eigenvalue weighted by Crippen LogP contribution is -2.29. The van der Waals surface area contributed by atoms with Gasteiger partial charge >= 0.3 is 11.9 Å². The third kappa shape index (κ3) is 5.14. The molecule has 0 spiro atoms. The molecule has 0 aromatic carbocycles. The molecule has 0 unspecified atom stereocenters. The lowest BCUT2D eigenvalue weighted by molar-refractivity contribution is -0.174. The molecule has 4 nitrogen and oxygen atoms in total. The van der Waals surface area contributed by atoms with E-state index in [1.165, 1.54) is 25.7 Å². The monoisotopic (exact) mass is 282 g/mol. The summed E-state index contributed by atoms with van der Waals surface area (Å²) >= 11 is 0. The van der Waals surface area contributed by atoms with Crippen molar-refractivity contribution in [3.8, 4) is 0 Å². The Morgan fingerprint density at radius 3 is 1.15 bits per heavy atom. The molecule has 4 heteroatoms. The highest BCUT2D eigenvalue weighted by molar-refractivity contribution is 6.29. The summed E-state index contributed by atoms with van der Waals surface area (Å²) in [6, 6.07) is 0. The predicted octanol–water partition coefficient (Wildman–Crippen LogP) is 3.52. The quantitative estimate of drug-likeness (QED) is 0.442. The normalized spacial score (nSPS) is 22.6. The van der Waals surface area contributed by atoms with Crippen molar-refractivity contribution in [2.75, 3.05) is 0 Å². The number of carbonyl (C=O) groups is 2. The van der Waals surface area contributed by atoms with Crippen LogP contribution < -0.4 is 0 Å². The van der Waals surface area contributed by atoms with E-state index < -0.39 is 11.9 Å². The molecule has 2 aliphatic carbocycles. The van der Waals surface area contributed by atoms with Crippen molar-refractivity contribution in [2.24, 2.45) is 0 Å². The van der Waals surface area contributed by atoms with Crippen LogP contribution in [0.25, 0.3) is 0 Å². The van der Waals surface area contributed by atoms with Crippen LogP contribution in [0.3, 0.4) is 0 Å². The van der Waals surface area contributed by atoms with Crippen molar-refractivity contribution in [1.82, 2.24) is 0 Å². The zero-order valence-electron chi connectivity index (χ0n) is 12.3. The summed E-state index contributed by atoms with van der Waals surface area (Å²) in [6.45, 7) is 0. The molecule has 0 radical (unpaired) electrons.